The van der Waals surface area contributed by atoms with Crippen molar-refractivity contribution in [3.8, 4) is 5.75 Å². The van der Waals surface area contributed by atoms with E-state index < -0.39 is 17.7 Å². The van der Waals surface area contributed by atoms with E-state index in [-0.39, 0.29) is 11.3 Å². The van der Waals surface area contributed by atoms with Crippen LogP contribution in [-0.2, 0) is 20.7 Å². The van der Waals surface area contributed by atoms with Crippen molar-refractivity contribution < 1.29 is 24.2 Å². The fourth-order valence-electron chi connectivity index (χ4n) is 3.74. The van der Waals surface area contributed by atoms with Gasteiger partial charge in [-0.15, -0.1) is 0 Å². The number of Topliss-reactive ketones (excluding diaryl/α,β-unsaturated/α-hetero) is 1. The highest BCUT2D eigenvalue weighted by Gasteiger charge is 2.45. The number of aliphatic hydroxyl groups is 1. The number of aryl methyl sites for hydroxylation is 1. The highest BCUT2D eigenvalue weighted by Crippen LogP contribution is 2.40. The van der Waals surface area contributed by atoms with E-state index in [4.69, 9.17) is 9.47 Å². The lowest BCUT2D eigenvalue weighted by Crippen LogP contribution is -2.31. The number of ether oxygens (including phenoxy) is 2. The van der Waals surface area contributed by atoms with Crippen LogP contribution in [0.15, 0.2) is 52.5 Å². The quantitative estimate of drug-likeness (QED) is 0.257. The summed E-state index contributed by atoms with van der Waals surface area (Å²) in [6.07, 6.45) is 1.47. The number of ketones is 1. The molecule has 1 fully saturated rings. The molecule has 0 aliphatic carbocycles. The Kier molecular flexibility index (Phi) is 7.51. The van der Waals surface area contributed by atoms with Crippen LogP contribution < -0.4 is 4.74 Å². The van der Waals surface area contributed by atoms with Gasteiger partial charge in [-0.2, -0.15) is 0 Å². The molecule has 7 heteroatoms. The molecule has 1 aliphatic rings. The number of aliphatic hydroxyl groups excluding tert-OH is 1. The van der Waals surface area contributed by atoms with Crippen LogP contribution in [0.4, 0.5) is 0 Å². The summed E-state index contributed by atoms with van der Waals surface area (Å²) >= 11 is 3.41. The van der Waals surface area contributed by atoms with Crippen molar-refractivity contribution in [2.24, 2.45) is 0 Å². The maximum absolute atomic E-state index is 13.0. The van der Waals surface area contributed by atoms with Gasteiger partial charge in [0.2, 0.25) is 0 Å². The van der Waals surface area contributed by atoms with Crippen LogP contribution in [0.1, 0.15) is 36.1 Å². The number of carbonyl (C=O) groups excluding carboxylic acids is 2. The van der Waals surface area contributed by atoms with Gasteiger partial charge in [-0.3, -0.25) is 9.59 Å². The molecule has 0 bridgehead atoms. The first-order chi connectivity index (χ1) is 14.9. The van der Waals surface area contributed by atoms with E-state index in [9.17, 15) is 14.7 Å². The zero-order chi connectivity index (χ0) is 22.5. The molecule has 164 valence electrons. The summed E-state index contributed by atoms with van der Waals surface area (Å²) in [6.45, 7) is 2.88. The Hall–Kier alpha value is -2.64. The predicted molar refractivity (Wildman–Crippen MR) is 122 cm³/mol. The monoisotopic (exact) mass is 487 g/mol. The molecule has 31 heavy (non-hydrogen) atoms. The number of nitrogens with zero attached hydrogens (tertiary/aromatic N) is 1. The first-order valence-corrected chi connectivity index (χ1v) is 10.9. The van der Waals surface area contributed by atoms with Gasteiger partial charge in [0, 0.05) is 25.8 Å². The molecule has 1 heterocycles. The minimum absolute atomic E-state index is 0.0868. The van der Waals surface area contributed by atoms with Crippen LogP contribution in [0.2, 0.25) is 0 Å². The van der Waals surface area contributed by atoms with Crippen molar-refractivity contribution in [1.82, 2.24) is 4.90 Å². The summed E-state index contributed by atoms with van der Waals surface area (Å²) in [4.78, 5) is 27.4. The highest BCUT2D eigenvalue weighted by atomic mass is 79.9. The molecular weight excluding hydrogens is 462 g/mol. The molecule has 0 aromatic heterocycles. The Morgan fingerprint density at radius 2 is 1.84 bits per heavy atom. The fraction of sp³-hybridized carbons (Fsp3) is 0.333. The number of hydrogen-bond acceptors (Lipinski definition) is 5. The van der Waals surface area contributed by atoms with E-state index in [1.54, 1.807) is 32.4 Å². The third-order valence-corrected chi connectivity index (χ3v) is 6.04. The fourth-order valence-corrected chi connectivity index (χ4v) is 4.28. The molecule has 1 unspecified atom stereocenters. The molecule has 0 spiro atoms. The van der Waals surface area contributed by atoms with Crippen molar-refractivity contribution in [3.63, 3.8) is 0 Å². The summed E-state index contributed by atoms with van der Waals surface area (Å²) < 4.78 is 11.0. The molecule has 0 radical (unpaired) electrons. The van der Waals surface area contributed by atoms with E-state index in [1.807, 2.05) is 24.3 Å². The van der Waals surface area contributed by atoms with Gasteiger partial charge in [0.1, 0.15) is 11.5 Å². The van der Waals surface area contributed by atoms with Crippen LogP contribution in [0.3, 0.4) is 0 Å². The summed E-state index contributed by atoms with van der Waals surface area (Å²) in [5.41, 5.74) is 2.45. The maximum atomic E-state index is 13.0. The molecule has 3 rings (SSSR count). The van der Waals surface area contributed by atoms with Gasteiger partial charge in [-0.05, 0) is 58.1 Å². The van der Waals surface area contributed by atoms with Crippen molar-refractivity contribution in [2.45, 2.75) is 25.8 Å². The molecular formula is C24H26BrNO5. The Morgan fingerprint density at radius 3 is 2.42 bits per heavy atom. The Bertz CT molecular complexity index is 1000. The molecule has 0 saturated carbocycles. The van der Waals surface area contributed by atoms with Crippen LogP contribution in [-0.4, -0.2) is 49.1 Å². The first kappa shape index (κ1) is 23.0. The topological polar surface area (TPSA) is 76.1 Å². The number of rotatable bonds is 8. The van der Waals surface area contributed by atoms with Crippen LogP contribution in [0.5, 0.6) is 5.75 Å². The second kappa shape index (κ2) is 10.1. The molecule has 1 N–H and O–H groups in total. The zero-order valence-electron chi connectivity index (χ0n) is 17.9. The van der Waals surface area contributed by atoms with Crippen molar-refractivity contribution in [2.75, 3.05) is 27.4 Å². The van der Waals surface area contributed by atoms with Crippen LogP contribution in [0, 0.1) is 0 Å². The van der Waals surface area contributed by atoms with Gasteiger partial charge in [-0.1, -0.05) is 31.2 Å². The molecule has 2 aromatic carbocycles. The number of methoxy groups -OCH3 is 2. The SMILES string of the molecule is CCc1ccc(C2/C(=C(/O)c3ccc(OC)c(Br)c3)C(=O)C(=O)N2CCCOC)cc1. The van der Waals surface area contributed by atoms with E-state index in [0.717, 1.165) is 17.5 Å². The Labute approximate surface area is 190 Å². The minimum Gasteiger partial charge on any atom is -0.507 e. The van der Waals surface area contributed by atoms with E-state index in [0.29, 0.717) is 35.4 Å². The second-order valence-electron chi connectivity index (χ2n) is 7.28. The first-order valence-electron chi connectivity index (χ1n) is 10.1. The average Bonchev–Trinajstić information content (AvgIpc) is 3.03. The Balaban J connectivity index is 2.11. The van der Waals surface area contributed by atoms with Gasteiger partial charge in [0.15, 0.2) is 0 Å². The molecule has 1 saturated heterocycles. The number of hydrogen-bond donors (Lipinski definition) is 1. The summed E-state index contributed by atoms with van der Waals surface area (Å²) in [5, 5.41) is 11.1. The third kappa shape index (κ3) is 4.67. The van der Waals surface area contributed by atoms with E-state index in [1.165, 1.54) is 4.90 Å². The molecule has 1 amide bonds. The minimum atomic E-state index is -0.688. The average molecular weight is 488 g/mol. The zero-order valence-corrected chi connectivity index (χ0v) is 19.4. The second-order valence-corrected chi connectivity index (χ2v) is 8.14. The normalized spacial score (nSPS) is 17.9. The smallest absolute Gasteiger partial charge is 0.295 e. The lowest BCUT2D eigenvalue weighted by molar-refractivity contribution is -0.140. The third-order valence-electron chi connectivity index (χ3n) is 5.42. The van der Waals surface area contributed by atoms with Gasteiger partial charge in [0.05, 0.1) is 23.2 Å². The summed E-state index contributed by atoms with van der Waals surface area (Å²) in [5.74, 6) is -0.912. The molecule has 1 aliphatic heterocycles. The van der Waals surface area contributed by atoms with E-state index in [2.05, 4.69) is 22.9 Å². The van der Waals surface area contributed by atoms with E-state index >= 15 is 0 Å². The van der Waals surface area contributed by atoms with Crippen LogP contribution >= 0.6 is 15.9 Å². The van der Waals surface area contributed by atoms with Crippen molar-refractivity contribution >= 4 is 33.4 Å². The number of likely N-dealkylation sites (tertiary alicyclic amines) is 1. The number of carbonyl (C=O) groups is 2. The maximum Gasteiger partial charge on any atom is 0.295 e. The molecule has 2 aromatic rings. The van der Waals surface area contributed by atoms with Gasteiger partial charge in [0.25, 0.3) is 11.7 Å². The standard InChI is InChI=1S/C24H26BrNO5/c1-4-15-6-8-16(9-7-15)21-20(23(28)24(29)26(21)12-5-13-30-2)22(27)17-10-11-19(31-3)18(25)14-17/h6-11,14,21,27H,4-5,12-13H2,1-3H3/b22-20-. The van der Waals surface area contributed by atoms with Gasteiger partial charge >= 0.3 is 0 Å². The van der Waals surface area contributed by atoms with Crippen molar-refractivity contribution in [1.29, 1.82) is 0 Å². The molecule has 1 atom stereocenters. The highest BCUT2D eigenvalue weighted by molar-refractivity contribution is 9.10. The molecule has 6 nitrogen and oxygen atoms in total. The van der Waals surface area contributed by atoms with Crippen molar-refractivity contribution in [3.05, 3.63) is 69.2 Å². The lowest BCUT2D eigenvalue weighted by atomic mass is 9.94. The Morgan fingerprint density at radius 1 is 1.13 bits per heavy atom. The summed E-state index contributed by atoms with van der Waals surface area (Å²) in [7, 11) is 3.14. The lowest BCUT2D eigenvalue weighted by Gasteiger charge is -2.25. The van der Waals surface area contributed by atoms with Crippen LogP contribution in [0.25, 0.3) is 5.76 Å². The number of benzene rings is 2. The van der Waals surface area contributed by atoms with Gasteiger partial charge in [-0.25, -0.2) is 0 Å². The largest absolute Gasteiger partial charge is 0.507 e. The van der Waals surface area contributed by atoms with Gasteiger partial charge < -0.3 is 19.5 Å². The summed E-state index contributed by atoms with van der Waals surface area (Å²) in [6, 6.07) is 12.1. The predicted octanol–water partition coefficient (Wildman–Crippen LogP) is 4.48. The number of halogens is 1. The number of amides is 1.